The Morgan fingerprint density at radius 2 is 1.80 bits per heavy atom. The van der Waals surface area contributed by atoms with Crippen LogP contribution in [0.4, 0.5) is 4.39 Å². The molecule has 6 heteroatoms. The van der Waals surface area contributed by atoms with Gasteiger partial charge in [-0.2, -0.15) is 0 Å². The van der Waals surface area contributed by atoms with Crippen molar-refractivity contribution >= 4 is 10.0 Å². The Kier molecular flexibility index (Phi) is 4.34. The van der Waals surface area contributed by atoms with E-state index in [-0.39, 0.29) is 16.7 Å². The highest BCUT2D eigenvalue weighted by molar-refractivity contribution is 7.89. The molecule has 2 atom stereocenters. The van der Waals surface area contributed by atoms with Gasteiger partial charge in [-0.25, -0.2) is 17.9 Å². The standard InChI is InChI=1S/C14H20FNO3S/c1-9-5-10(2)7-11(6-9)19-14-4-3-12(8-13(14)15)20(16,17)18/h3-4,8-11H,5-7H2,1-2H3,(H2,16,17,18). The van der Waals surface area contributed by atoms with Crippen LogP contribution in [0.3, 0.4) is 0 Å². The van der Waals surface area contributed by atoms with E-state index in [1.54, 1.807) is 0 Å². The second-order valence-electron chi connectivity index (χ2n) is 5.79. The third kappa shape index (κ3) is 3.70. The molecule has 1 aromatic carbocycles. The van der Waals surface area contributed by atoms with Gasteiger partial charge in [0.2, 0.25) is 10.0 Å². The molecular weight excluding hydrogens is 281 g/mol. The Morgan fingerprint density at radius 3 is 2.30 bits per heavy atom. The maximum Gasteiger partial charge on any atom is 0.238 e. The van der Waals surface area contributed by atoms with Gasteiger partial charge in [-0.05, 0) is 49.3 Å². The van der Waals surface area contributed by atoms with Gasteiger partial charge in [0, 0.05) is 0 Å². The van der Waals surface area contributed by atoms with E-state index in [4.69, 9.17) is 9.88 Å². The Bertz CT molecular complexity index is 578. The van der Waals surface area contributed by atoms with Gasteiger partial charge in [-0.15, -0.1) is 0 Å². The van der Waals surface area contributed by atoms with Gasteiger partial charge in [0.1, 0.15) is 0 Å². The molecular formula is C14H20FNO3S. The molecule has 2 unspecified atom stereocenters. The molecule has 0 radical (unpaired) electrons. The van der Waals surface area contributed by atoms with Crippen LogP contribution in [-0.2, 0) is 10.0 Å². The Balaban J connectivity index is 2.14. The average molecular weight is 301 g/mol. The summed E-state index contributed by atoms with van der Waals surface area (Å²) in [6.45, 7) is 4.32. The van der Waals surface area contributed by atoms with Crippen LogP contribution in [0.25, 0.3) is 0 Å². The number of primary sulfonamides is 1. The molecule has 1 aromatic rings. The lowest BCUT2D eigenvalue weighted by Crippen LogP contribution is -2.28. The van der Waals surface area contributed by atoms with Gasteiger partial charge < -0.3 is 4.74 Å². The van der Waals surface area contributed by atoms with Crippen LogP contribution in [0.5, 0.6) is 5.75 Å². The van der Waals surface area contributed by atoms with Crippen molar-refractivity contribution in [1.82, 2.24) is 0 Å². The van der Waals surface area contributed by atoms with Crippen molar-refractivity contribution in [3.05, 3.63) is 24.0 Å². The molecule has 0 bridgehead atoms. The second-order valence-corrected chi connectivity index (χ2v) is 7.36. The fourth-order valence-corrected chi connectivity index (χ4v) is 3.43. The summed E-state index contributed by atoms with van der Waals surface area (Å²) in [5.74, 6) is 0.497. The van der Waals surface area contributed by atoms with Crippen LogP contribution in [0.15, 0.2) is 23.1 Å². The lowest BCUT2D eigenvalue weighted by molar-refractivity contribution is 0.0969. The van der Waals surface area contributed by atoms with Gasteiger partial charge >= 0.3 is 0 Å². The van der Waals surface area contributed by atoms with E-state index in [1.807, 2.05) is 0 Å². The molecule has 1 fully saturated rings. The predicted molar refractivity (Wildman–Crippen MR) is 74.4 cm³/mol. The third-order valence-electron chi connectivity index (χ3n) is 3.66. The van der Waals surface area contributed by atoms with E-state index in [9.17, 15) is 12.8 Å². The minimum absolute atomic E-state index is 0.0245. The molecule has 1 aliphatic rings. The number of sulfonamides is 1. The van der Waals surface area contributed by atoms with Crippen molar-refractivity contribution in [1.29, 1.82) is 0 Å². The second kappa shape index (κ2) is 5.69. The average Bonchev–Trinajstić information content (AvgIpc) is 2.29. The van der Waals surface area contributed by atoms with E-state index in [0.29, 0.717) is 11.8 Å². The zero-order chi connectivity index (χ0) is 14.9. The predicted octanol–water partition coefficient (Wildman–Crippen LogP) is 2.68. The molecule has 0 aliphatic heterocycles. The molecule has 0 saturated heterocycles. The van der Waals surface area contributed by atoms with Gasteiger partial charge in [-0.1, -0.05) is 13.8 Å². The van der Waals surface area contributed by atoms with Gasteiger partial charge in [0.05, 0.1) is 11.0 Å². The molecule has 0 amide bonds. The van der Waals surface area contributed by atoms with E-state index >= 15 is 0 Å². The number of ether oxygens (including phenoxy) is 1. The van der Waals surface area contributed by atoms with Crippen LogP contribution < -0.4 is 9.88 Å². The van der Waals surface area contributed by atoms with E-state index < -0.39 is 15.8 Å². The van der Waals surface area contributed by atoms with Crippen molar-refractivity contribution in [2.24, 2.45) is 17.0 Å². The Morgan fingerprint density at radius 1 is 1.20 bits per heavy atom. The first-order valence-electron chi connectivity index (χ1n) is 6.74. The molecule has 4 nitrogen and oxygen atoms in total. The molecule has 2 N–H and O–H groups in total. The van der Waals surface area contributed by atoms with Gasteiger partial charge in [-0.3, -0.25) is 0 Å². The molecule has 1 aliphatic carbocycles. The van der Waals surface area contributed by atoms with E-state index in [1.165, 1.54) is 12.1 Å². The van der Waals surface area contributed by atoms with Crippen molar-refractivity contribution in [2.75, 3.05) is 0 Å². The van der Waals surface area contributed by atoms with Crippen LogP contribution in [0, 0.1) is 17.7 Å². The van der Waals surface area contributed by atoms with Crippen LogP contribution in [-0.4, -0.2) is 14.5 Å². The summed E-state index contributed by atoms with van der Waals surface area (Å²) in [7, 11) is -3.89. The summed E-state index contributed by atoms with van der Waals surface area (Å²) in [5.41, 5.74) is 0. The van der Waals surface area contributed by atoms with Crippen molar-refractivity contribution in [3.63, 3.8) is 0 Å². The first kappa shape index (κ1) is 15.3. The molecule has 112 valence electrons. The van der Waals surface area contributed by atoms with E-state index in [0.717, 1.165) is 25.3 Å². The number of rotatable bonds is 3. The zero-order valence-corrected chi connectivity index (χ0v) is 12.5. The summed E-state index contributed by atoms with van der Waals surface area (Å²) < 4.78 is 41.9. The fraction of sp³-hybridized carbons (Fsp3) is 0.571. The van der Waals surface area contributed by atoms with Crippen LogP contribution >= 0.6 is 0 Å². The quantitative estimate of drug-likeness (QED) is 0.933. The molecule has 0 heterocycles. The number of hydrogen-bond acceptors (Lipinski definition) is 3. The number of nitrogens with two attached hydrogens (primary N) is 1. The largest absolute Gasteiger partial charge is 0.487 e. The topological polar surface area (TPSA) is 69.4 Å². The molecule has 1 saturated carbocycles. The highest BCUT2D eigenvalue weighted by atomic mass is 32.2. The monoisotopic (exact) mass is 301 g/mol. The molecule has 0 spiro atoms. The summed E-state index contributed by atoms with van der Waals surface area (Å²) in [6, 6.07) is 3.50. The SMILES string of the molecule is CC1CC(C)CC(Oc2ccc(S(N)(=O)=O)cc2F)C1. The lowest BCUT2D eigenvalue weighted by Gasteiger charge is -2.31. The van der Waals surface area contributed by atoms with E-state index in [2.05, 4.69) is 13.8 Å². The minimum atomic E-state index is -3.89. The van der Waals surface area contributed by atoms with Crippen molar-refractivity contribution in [3.8, 4) is 5.75 Å². The highest BCUT2D eigenvalue weighted by Crippen LogP contribution is 2.32. The number of benzene rings is 1. The maximum absolute atomic E-state index is 13.9. The van der Waals surface area contributed by atoms with Crippen molar-refractivity contribution in [2.45, 2.75) is 44.1 Å². The zero-order valence-electron chi connectivity index (χ0n) is 11.7. The molecule has 0 aromatic heterocycles. The van der Waals surface area contributed by atoms with Gasteiger partial charge in [0.15, 0.2) is 11.6 Å². The first-order valence-corrected chi connectivity index (χ1v) is 8.29. The third-order valence-corrected chi connectivity index (χ3v) is 4.57. The smallest absolute Gasteiger partial charge is 0.238 e. The summed E-state index contributed by atoms with van der Waals surface area (Å²) >= 11 is 0. The normalized spacial score (nSPS) is 27.3. The summed E-state index contributed by atoms with van der Waals surface area (Å²) in [6.07, 6.45) is 2.91. The van der Waals surface area contributed by atoms with Crippen LogP contribution in [0.1, 0.15) is 33.1 Å². The minimum Gasteiger partial charge on any atom is -0.487 e. The maximum atomic E-state index is 13.9. The summed E-state index contributed by atoms with van der Waals surface area (Å²) in [5, 5.41) is 4.96. The van der Waals surface area contributed by atoms with Gasteiger partial charge in [0.25, 0.3) is 0 Å². The first-order chi connectivity index (χ1) is 9.25. The fourth-order valence-electron chi connectivity index (χ4n) is 2.90. The Hall–Kier alpha value is -1.14. The highest BCUT2D eigenvalue weighted by Gasteiger charge is 2.26. The number of hydrogen-bond donors (Lipinski definition) is 1. The summed E-state index contributed by atoms with van der Waals surface area (Å²) in [4.78, 5) is -0.243. The number of halogens is 1. The van der Waals surface area contributed by atoms with Crippen molar-refractivity contribution < 1.29 is 17.5 Å². The molecule has 2 rings (SSSR count). The Labute approximate surface area is 119 Å². The van der Waals surface area contributed by atoms with Crippen LogP contribution in [0.2, 0.25) is 0 Å². The molecule has 20 heavy (non-hydrogen) atoms. The lowest BCUT2D eigenvalue weighted by atomic mass is 9.82.